The molecule has 0 aliphatic rings. The zero-order valence-electron chi connectivity index (χ0n) is 21.2. The summed E-state index contributed by atoms with van der Waals surface area (Å²) >= 11 is 0. The van der Waals surface area contributed by atoms with Crippen molar-refractivity contribution >= 4 is 0 Å². The standard InChI is InChI=1S/C32H34O3/c1-30(2,3)31(24-16-9-6-10-17-24,27-22-15-23-28(34-4)29(27)35-5)32(33,25-18-11-7-12-19-25)26-20-13-8-14-21-26/h6-23,33H,1-5H3. The summed E-state index contributed by atoms with van der Waals surface area (Å²) in [4.78, 5) is 0. The molecule has 0 heterocycles. The normalized spacial score (nSPS) is 13.7. The van der Waals surface area contributed by atoms with Crippen molar-refractivity contribution in [2.24, 2.45) is 5.41 Å². The van der Waals surface area contributed by atoms with Crippen LogP contribution in [0.25, 0.3) is 0 Å². The van der Waals surface area contributed by atoms with Crippen LogP contribution in [0, 0.1) is 5.41 Å². The van der Waals surface area contributed by atoms with Crippen LogP contribution >= 0.6 is 0 Å². The predicted molar refractivity (Wildman–Crippen MR) is 142 cm³/mol. The number of ether oxygens (including phenoxy) is 2. The molecule has 180 valence electrons. The Balaban J connectivity index is 2.29. The largest absolute Gasteiger partial charge is 0.493 e. The van der Waals surface area contributed by atoms with E-state index in [0.29, 0.717) is 11.5 Å². The summed E-state index contributed by atoms with van der Waals surface area (Å²) in [5, 5.41) is 13.4. The van der Waals surface area contributed by atoms with Crippen LogP contribution in [0.2, 0.25) is 0 Å². The quantitative estimate of drug-likeness (QED) is 0.320. The van der Waals surface area contributed by atoms with Crippen LogP contribution in [-0.2, 0) is 11.0 Å². The highest BCUT2D eigenvalue weighted by molar-refractivity contribution is 5.61. The van der Waals surface area contributed by atoms with Crippen molar-refractivity contribution in [1.29, 1.82) is 0 Å². The van der Waals surface area contributed by atoms with Gasteiger partial charge in [-0.05, 0) is 28.2 Å². The van der Waals surface area contributed by atoms with Gasteiger partial charge in [-0.2, -0.15) is 0 Å². The fourth-order valence-corrected chi connectivity index (χ4v) is 5.77. The molecule has 0 amide bonds. The zero-order chi connectivity index (χ0) is 25.1. The summed E-state index contributed by atoms with van der Waals surface area (Å²) in [5.74, 6) is 1.23. The van der Waals surface area contributed by atoms with Gasteiger partial charge >= 0.3 is 0 Å². The predicted octanol–water partition coefficient (Wildman–Crippen LogP) is 6.97. The van der Waals surface area contributed by atoms with Gasteiger partial charge < -0.3 is 14.6 Å². The molecule has 1 N–H and O–H groups in total. The van der Waals surface area contributed by atoms with Crippen LogP contribution in [-0.4, -0.2) is 19.3 Å². The van der Waals surface area contributed by atoms with Crippen molar-refractivity contribution in [3.63, 3.8) is 0 Å². The van der Waals surface area contributed by atoms with Gasteiger partial charge in [-0.1, -0.05) is 124 Å². The van der Waals surface area contributed by atoms with E-state index >= 15 is 0 Å². The molecular formula is C32H34O3. The molecule has 4 rings (SSSR count). The molecule has 0 saturated carbocycles. The summed E-state index contributed by atoms with van der Waals surface area (Å²) in [5.41, 5.74) is 0.500. The van der Waals surface area contributed by atoms with Crippen LogP contribution in [0.4, 0.5) is 0 Å². The molecule has 0 spiro atoms. The molecule has 3 heteroatoms. The lowest BCUT2D eigenvalue weighted by molar-refractivity contribution is -0.0426. The Hall–Kier alpha value is -3.56. The molecular weight excluding hydrogens is 432 g/mol. The number of hydrogen-bond acceptors (Lipinski definition) is 3. The number of benzene rings is 4. The number of methoxy groups -OCH3 is 2. The molecule has 0 saturated heterocycles. The summed E-state index contributed by atoms with van der Waals surface area (Å²) < 4.78 is 11.8. The Bertz CT molecular complexity index is 1200. The maximum atomic E-state index is 13.4. The van der Waals surface area contributed by atoms with E-state index in [2.05, 4.69) is 39.0 Å². The maximum absolute atomic E-state index is 13.4. The Labute approximate surface area is 209 Å². The zero-order valence-corrected chi connectivity index (χ0v) is 21.2. The van der Waals surface area contributed by atoms with Gasteiger partial charge in [0.25, 0.3) is 0 Å². The lowest BCUT2D eigenvalue weighted by Crippen LogP contribution is -2.58. The van der Waals surface area contributed by atoms with Crippen LogP contribution in [0.3, 0.4) is 0 Å². The third-order valence-corrected chi connectivity index (χ3v) is 7.06. The Morgan fingerprint density at radius 1 is 0.543 bits per heavy atom. The number of rotatable bonds is 7. The highest BCUT2D eigenvalue weighted by Gasteiger charge is 2.62. The first-order chi connectivity index (χ1) is 16.8. The third kappa shape index (κ3) is 3.81. The van der Waals surface area contributed by atoms with Crippen LogP contribution in [0.5, 0.6) is 11.5 Å². The Morgan fingerprint density at radius 2 is 1.00 bits per heavy atom. The van der Waals surface area contributed by atoms with Crippen molar-refractivity contribution in [3.05, 3.63) is 131 Å². The second kappa shape index (κ2) is 9.59. The first-order valence-corrected chi connectivity index (χ1v) is 11.9. The van der Waals surface area contributed by atoms with Crippen LogP contribution in [0.15, 0.2) is 109 Å². The van der Waals surface area contributed by atoms with E-state index in [1.54, 1.807) is 14.2 Å². The van der Waals surface area contributed by atoms with E-state index < -0.39 is 16.4 Å². The summed E-state index contributed by atoms with van der Waals surface area (Å²) in [6, 6.07) is 36.0. The first kappa shape index (κ1) is 24.6. The molecule has 0 aliphatic carbocycles. The molecule has 0 aromatic heterocycles. The minimum absolute atomic E-state index is 0.492. The van der Waals surface area contributed by atoms with Crippen molar-refractivity contribution in [3.8, 4) is 11.5 Å². The van der Waals surface area contributed by atoms with E-state index in [-0.39, 0.29) is 0 Å². The van der Waals surface area contributed by atoms with Gasteiger partial charge in [0.05, 0.1) is 19.6 Å². The van der Waals surface area contributed by atoms with E-state index in [4.69, 9.17) is 9.47 Å². The third-order valence-electron chi connectivity index (χ3n) is 7.06. The molecule has 3 nitrogen and oxygen atoms in total. The average molecular weight is 467 g/mol. The summed E-state index contributed by atoms with van der Waals surface area (Å²) in [6.07, 6.45) is 0. The molecule has 0 radical (unpaired) electrons. The molecule has 1 unspecified atom stereocenters. The van der Waals surface area contributed by atoms with Gasteiger partial charge in [0, 0.05) is 5.56 Å². The van der Waals surface area contributed by atoms with Crippen molar-refractivity contribution in [1.82, 2.24) is 0 Å². The average Bonchev–Trinajstić information content (AvgIpc) is 2.89. The highest BCUT2D eigenvalue weighted by atomic mass is 16.5. The maximum Gasteiger partial charge on any atom is 0.164 e. The molecule has 35 heavy (non-hydrogen) atoms. The molecule has 4 aromatic rings. The van der Waals surface area contributed by atoms with E-state index in [9.17, 15) is 5.11 Å². The Kier molecular flexibility index (Phi) is 6.73. The lowest BCUT2D eigenvalue weighted by Gasteiger charge is -2.56. The molecule has 1 atom stereocenters. The lowest BCUT2D eigenvalue weighted by atomic mass is 9.48. The van der Waals surface area contributed by atoms with Crippen molar-refractivity contribution in [2.45, 2.75) is 31.8 Å². The van der Waals surface area contributed by atoms with Gasteiger partial charge in [-0.3, -0.25) is 0 Å². The highest BCUT2D eigenvalue weighted by Crippen LogP contribution is 2.62. The smallest absolute Gasteiger partial charge is 0.164 e. The second-order valence-corrected chi connectivity index (χ2v) is 9.85. The van der Waals surface area contributed by atoms with E-state index in [1.807, 2.05) is 91.0 Å². The van der Waals surface area contributed by atoms with Gasteiger partial charge in [-0.15, -0.1) is 0 Å². The molecule has 4 aromatic carbocycles. The first-order valence-electron chi connectivity index (χ1n) is 11.9. The monoisotopic (exact) mass is 466 g/mol. The van der Waals surface area contributed by atoms with E-state index in [0.717, 1.165) is 22.3 Å². The van der Waals surface area contributed by atoms with Gasteiger partial charge in [-0.25, -0.2) is 0 Å². The van der Waals surface area contributed by atoms with Crippen LogP contribution in [0.1, 0.15) is 43.0 Å². The van der Waals surface area contributed by atoms with Crippen molar-refractivity contribution in [2.75, 3.05) is 14.2 Å². The molecule has 0 bridgehead atoms. The van der Waals surface area contributed by atoms with Crippen LogP contribution < -0.4 is 9.47 Å². The number of aliphatic hydroxyl groups is 1. The SMILES string of the molecule is COc1cccc(C(c2ccccc2)(C(C)(C)C)C(O)(c2ccccc2)c2ccccc2)c1OC. The summed E-state index contributed by atoms with van der Waals surface area (Å²) in [7, 11) is 3.30. The molecule has 0 fully saturated rings. The number of para-hydroxylation sites is 1. The van der Waals surface area contributed by atoms with Gasteiger partial charge in [0.2, 0.25) is 0 Å². The van der Waals surface area contributed by atoms with E-state index in [1.165, 1.54) is 0 Å². The number of hydrogen-bond donors (Lipinski definition) is 1. The summed E-state index contributed by atoms with van der Waals surface area (Å²) in [6.45, 7) is 6.53. The topological polar surface area (TPSA) is 38.7 Å². The van der Waals surface area contributed by atoms with Crippen molar-refractivity contribution < 1.29 is 14.6 Å². The van der Waals surface area contributed by atoms with Gasteiger partial charge in [0.1, 0.15) is 5.60 Å². The molecule has 0 aliphatic heterocycles. The minimum Gasteiger partial charge on any atom is -0.493 e. The van der Waals surface area contributed by atoms with Gasteiger partial charge in [0.15, 0.2) is 11.5 Å². The fourth-order valence-electron chi connectivity index (χ4n) is 5.77. The fraction of sp³-hybridized carbons (Fsp3) is 0.250. The minimum atomic E-state index is -1.46. The second-order valence-electron chi connectivity index (χ2n) is 9.85. The Morgan fingerprint density at radius 3 is 1.40 bits per heavy atom.